The van der Waals surface area contributed by atoms with Crippen molar-refractivity contribution >= 4 is 5.91 Å². The van der Waals surface area contributed by atoms with E-state index in [2.05, 4.69) is 27.2 Å². The molecule has 0 radical (unpaired) electrons. The molecule has 1 aromatic rings. The van der Waals surface area contributed by atoms with Gasteiger partial charge in [-0.2, -0.15) is 0 Å². The van der Waals surface area contributed by atoms with E-state index >= 15 is 0 Å². The summed E-state index contributed by atoms with van der Waals surface area (Å²) in [6, 6.07) is 8.16. The topological polar surface area (TPSA) is 35.6 Å². The lowest BCUT2D eigenvalue weighted by molar-refractivity contribution is 0.0948. The molecular weight excluding hydrogens is 310 g/mol. The lowest BCUT2D eigenvalue weighted by atomic mass is 10.1. The molecule has 0 aromatic heterocycles. The third-order valence-electron chi connectivity index (χ3n) is 5.48. The fraction of sp³-hybridized carbons (Fsp3) is 0.667. The second-order valence-corrected chi connectivity index (χ2v) is 7.55. The molecule has 1 aromatic carbocycles. The Kier molecular flexibility index (Phi) is 7.31. The predicted octanol–water partition coefficient (Wildman–Crippen LogP) is 3.28. The Morgan fingerprint density at radius 2 is 1.36 bits per heavy atom. The summed E-state index contributed by atoms with van der Waals surface area (Å²) >= 11 is 0. The molecule has 4 nitrogen and oxygen atoms in total. The zero-order valence-corrected chi connectivity index (χ0v) is 15.5. The van der Waals surface area contributed by atoms with E-state index in [1.54, 1.807) is 0 Å². The van der Waals surface area contributed by atoms with Crippen LogP contribution in [0.15, 0.2) is 24.3 Å². The van der Waals surface area contributed by atoms with E-state index in [9.17, 15) is 4.79 Å². The minimum absolute atomic E-state index is 0.0549. The van der Waals surface area contributed by atoms with Gasteiger partial charge in [-0.25, -0.2) is 0 Å². The van der Waals surface area contributed by atoms with Crippen LogP contribution in [0, 0.1) is 0 Å². The van der Waals surface area contributed by atoms with Crippen LogP contribution in [0.5, 0.6) is 0 Å². The normalized spacial score (nSPS) is 20.2. The Morgan fingerprint density at radius 1 is 0.800 bits per heavy atom. The van der Waals surface area contributed by atoms with Crippen LogP contribution in [0.1, 0.15) is 60.9 Å². The van der Waals surface area contributed by atoms with Gasteiger partial charge in [0, 0.05) is 25.2 Å². The highest BCUT2D eigenvalue weighted by molar-refractivity contribution is 5.94. The maximum Gasteiger partial charge on any atom is 0.251 e. The third-order valence-corrected chi connectivity index (χ3v) is 5.48. The molecule has 0 unspecified atom stereocenters. The Bertz CT molecular complexity index is 514. The molecule has 2 saturated heterocycles. The Morgan fingerprint density at radius 3 is 2.00 bits per heavy atom. The van der Waals surface area contributed by atoms with E-state index in [1.165, 1.54) is 76.7 Å². The third kappa shape index (κ3) is 6.12. The zero-order valence-electron chi connectivity index (χ0n) is 15.5. The van der Waals surface area contributed by atoms with Crippen LogP contribution in [0.3, 0.4) is 0 Å². The maximum atomic E-state index is 12.3. The molecule has 0 atom stereocenters. The van der Waals surface area contributed by atoms with Gasteiger partial charge in [0.05, 0.1) is 0 Å². The van der Waals surface area contributed by atoms with Crippen LogP contribution in [0.2, 0.25) is 0 Å². The summed E-state index contributed by atoms with van der Waals surface area (Å²) < 4.78 is 0. The van der Waals surface area contributed by atoms with Crippen molar-refractivity contribution in [2.24, 2.45) is 0 Å². The van der Waals surface area contributed by atoms with Crippen molar-refractivity contribution in [2.45, 2.75) is 51.5 Å². The van der Waals surface area contributed by atoms with Crippen LogP contribution >= 0.6 is 0 Å². The summed E-state index contributed by atoms with van der Waals surface area (Å²) in [4.78, 5) is 17.3. The lowest BCUT2D eigenvalue weighted by Gasteiger charge is -2.26. The molecule has 2 heterocycles. The van der Waals surface area contributed by atoms with Crippen molar-refractivity contribution in [3.05, 3.63) is 35.4 Å². The van der Waals surface area contributed by atoms with Gasteiger partial charge < -0.3 is 10.2 Å². The average Bonchev–Trinajstić information content (AvgIpc) is 2.92. The number of rotatable bonds is 6. The van der Waals surface area contributed by atoms with Gasteiger partial charge in [-0.3, -0.25) is 9.69 Å². The van der Waals surface area contributed by atoms with Crippen LogP contribution in [-0.4, -0.2) is 55.0 Å². The van der Waals surface area contributed by atoms with E-state index in [-0.39, 0.29) is 5.91 Å². The first kappa shape index (κ1) is 18.4. The van der Waals surface area contributed by atoms with Crippen molar-refractivity contribution in [3.63, 3.8) is 0 Å². The second-order valence-electron chi connectivity index (χ2n) is 7.55. The largest absolute Gasteiger partial charge is 0.351 e. The highest BCUT2D eigenvalue weighted by Gasteiger charge is 2.12. The SMILES string of the molecule is O=C(NCCN1CCCCCC1)c1ccc(CN2CCCCC2)cc1. The van der Waals surface area contributed by atoms with Gasteiger partial charge >= 0.3 is 0 Å². The second kappa shape index (κ2) is 9.93. The van der Waals surface area contributed by atoms with Gasteiger partial charge in [-0.05, 0) is 69.6 Å². The quantitative estimate of drug-likeness (QED) is 0.861. The molecule has 0 spiro atoms. The first-order valence-electron chi connectivity index (χ1n) is 10.1. The van der Waals surface area contributed by atoms with Crippen molar-refractivity contribution in [3.8, 4) is 0 Å². The minimum Gasteiger partial charge on any atom is -0.351 e. The number of likely N-dealkylation sites (tertiary alicyclic amines) is 2. The van der Waals surface area contributed by atoms with Gasteiger partial charge in [0.15, 0.2) is 0 Å². The first-order chi connectivity index (χ1) is 12.3. The summed E-state index contributed by atoms with van der Waals surface area (Å²) in [6.07, 6.45) is 9.31. The van der Waals surface area contributed by atoms with Gasteiger partial charge in [-0.15, -0.1) is 0 Å². The molecule has 2 aliphatic heterocycles. The number of nitrogens with zero attached hydrogens (tertiary/aromatic N) is 2. The average molecular weight is 344 g/mol. The number of carbonyl (C=O) groups excluding carboxylic acids is 1. The van der Waals surface area contributed by atoms with E-state index in [4.69, 9.17) is 0 Å². The monoisotopic (exact) mass is 343 g/mol. The van der Waals surface area contributed by atoms with E-state index in [0.29, 0.717) is 0 Å². The lowest BCUT2D eigenvalue weighted by Crippen LogP contribution is -2.35. The molecular formula is C21H33N3O. The molecule has 1 amide bonds. The van der Waals surface area contributed by atoms with E-state index < -0.39 is 0 Å². The molecule has 138 valence electrons. The fourth-order valence-corrected chi connectivity index (χ4v) is 3.93. The Labute approximate surface area is 152 Å². The van der Waals surface area contributed by atoms with E-state index in [1.807, 2.05) is 12.1 Å². The standard InChI is InChI=1S/C21H33N3O/c25-21(22-12-17-23-13-4-1-2-5-14-23)20-10-8-19(9-11-20)18-24-15-6-3-7-16-24/h8-11H,1-7,12-18H2,(H,22,25). The van der Waals surface area contributed by atoms with Crippen molar-refractivity contribution < 1.29 is 4.79 Å². The van der Waals surface area contributed by atoms with Gasteiger partial charge in [0.2, 0.25) is 0 Å². The van der Waals surface area contributed by atoms with E-state index in [0.717, 1.165) is 25.2 Å². The summed E-state index contributed by atoms with van der Waals surface area (Å²) in [5.74, 6) is 0.0549. The predicted molar refractivity (Wildman–Crippen MR) is 103 cm³/mol. The number of amides is 1. The summed E-state index contributed by atoms with van der Waals surface area (Å²) in [6.45, 7) is 7.50. The molecule has 0 aliphatic carbocycles. The minimum atomic E-state index is 0.0549. The number of nitrogens with one attached hydrogen (secondary N) is 1. The summed E-state index contributed by atoms with van der Waals surface area (Å²) in [5, 5.41) is 3.08. The highest BCUT2D eigenvalue weighted by atomic mass is 16.1. The molecule has 2 fully saturated rings. The van der Waals surface area contributed by atoms with Crippen LogP contribution in [-0.2, 0) is 6.54 Å². The number of benzene rings is 1. The maximum absolute atomic E-state index is 12.3. The van der Waals surface area contributed by atoms with Crippen molar-refractivity contribution in [1.82, 2.24) is 15.1 Å². The molecule has 25 heavy (non-hydrogen) atoms. The fourth-order valence-electron chi connectivity index (χ4n) is 3.93. The van der Waals surface area contributed by atoms with Crippen LogP contribution < -0.4 is 5.32 Å². The van der Waals surface area contributed by atoms with Crippen LogP contribution in [0.25, 0.3) is 0 Å². The molecule has 3 rings (SSSR count). The number of hydrogen-bond donors (Lipinski definition) is 1. The molecule has 0 bridgehead atoms. The van der Waals surface area contributed by atoms with Gasteiger partial charge in [0.1, 0.15) is 0 Å². The Balaban J connectivity index is 1.40. The van der Waals surface area contributed by atoms with Crippen LogP contribution in [0.4, 0.5) is 0 Å². The number of piperidine rings is 1. The Hall–Kier alpha value is -1.39. The summed E-state index contributed by atoms with van der Waals surface area (Å²) in [5.41, 5.74) is 2.08. The molecule has 0 saturated carbocycles. The molecule has 1 N–H and O–H groups in total. The number of hydrogen-bond acceptors (Lipinski definition) is 3. The molecule has 4 heteroatoms. The van der Waals surface area contributed by atoms with Crippen molar-refractivity contribution in [2.75, 3.05) is 39.3 Å². The molecule has 2 aliphatic rings. The first-order valence-corrected chi connectivity index (χ1v) is 10.1. The van der Waals surface area contributed by atoms with Crippen molar-refractivity contribution in [1.29, 1.82) is 0 Å². The zero-order chi connectivity index (χ0) is 17.3. The smallest absolute Gasteiger partial charge is 0.251 e. The summed E-state index contributed by atoms with van der Waals surface area (Å²) in [7, 11) is 0. The van der Waals surface area contributed by atoms with Gasteiger partial charge in [-0.1, -0.05) is 31.4 Å². The highest BCUT2D eigenvalue weighted by Crippen LogP contribution is 2.14. The number of carbonyl (C=O) groups is 1. The van der Waals surface area contributed by atoms with Gasteiger partial charge in [0.25, 0.3) is 5.91 Å².